The van der Waals surface area contributed by atoms with Gasteiger partial charge in [-0.15, -0.1) is 0 Å². The molecule has 0 fully saturated rings. The molecular weight excluding hydrogens is 354 g/mol. The molecule has 0 aliphatic carbocycles. The molecule has 6 nitrogen and oxygen atoms in total. The minimum Gasteiger partial charge on any atom is -0.444 e. The molecule has 1 unspecified atom stereocenters. The average Bonchev–Trinajstić information content (AvgIpc) is 3.18. The Morgan fingerprint density at radius 1 is 1.07 bits per heavy atom. The molecule has 2 amide bonds. The maximum atomic E-state index is 12.2. The number of nitrogens with zero attached hydrogens (tertiary/aromatic N) is 1. The first-order valence-corrected chi connectivity index (χ1v) is 9.18. The van der Waals surface area contributed by atoms with E-state index in [0.717, 1.165) is 11.3 Å². The van der Waals surface area contributed by atoms with Crippen molar-refractivity contribution in [2.45, 2.75) is 26.3 Å². The Morgan fingerprint density at radius 3 is 2.50 bits per heavy atom. The monoisotopic (exact) mass is 377 g/mol. The summed E-state index contributed by atoms with van der Waals surface area (Å²) in [5, 5.41) is 5.50. The van der Waals surface area contributed by atoms with Gasteiger partial charge in [-0.05, 0) is 38.1 Å². The van der Waals surface area contributed by atoms with Crippen LogP contribution >= 0.6 is 0 Å². The molecule has 1 aromatic heterocycles. The van der Waals surface area contributed by atoms with Crippen LogP contribution in [0, 0.1) is 6.92 Å². The summed E-state index contributed by atoms with van der Waals surface area (Å²) in [6, 6.07) is 16.1. The van der Waals surface area contributed by atoms with Crippen LogP contribution in [0.25, 0.3) is 11.5 Å². The Hall–Kier alpha value is -3.41. The first kappa shape index (κ1) is 19.4. The van der Waals surface area contributed by atoms with E-state index in [2.05, 4.69) is 15.6 Å². The first-order valence-electron chi connectivity index (χ1n) is 9.18. The second-order valence-corrected chi connectivity index (χ2v) is 6.61. The zero-order valence-electron chi connectivity index (χ0n) is 15.9. The first-order chi connectivity index (χ1) is 13.5. The van der Waals surface area contributed by atoms with Gasteiger partial charge in [0, 0.05) is 24.1 Å². The second-order valence-electron chi connectivity index (χ2n) is 6.61. The van der Waals surface area contributed by atoms with Crippen LogP contribution in [0.4, 0.5) is 0 Å². The van der Waals surface area contributed by atoms with Crippen LogP contribution < -0.4 is 10.6 Å². The van der Waals surface area contributed by atoms with Gasteiger partial charge in [0.1, 0.15) is 12.3 Å². The van der Waals surface area contributed by atoms with E-state index in [4.69, 9.17) is 4.42 Å². The summed E-state index contributed by atoms with van der Waals surface area (Å²) in [5.74, 6) is 0.0406. The summed E-state index contributed by atoms with van der Waals surface area (Å²) >= 11 is 0. The van der Waals surface area contributed by atoms with E-state index in [9.17, 15) is 9.59 Å². The highest BCUT2D eigenvalue weighted by Gasteiger charge is 2.16. The molecule has 0 aliphatic rings. The van der Waals surface area contributed by atoms with E-state index < -0.39 is 6.04 Å². The Balaban J connectivity index is 1.46. The number of oxazole rings is 1. The summed E-state index contributed by atoms with van der Waals surface area (Å²) in [4.78, 5) is 28.7. The van der Waals surface area contributed by atoms with Gasteiger partial charge in [-0.2, -0.15) is 0 Å². The van der Waals surface area contributed by atoms with Crippen molar-refractivity contribution in [2.75, 3.05) is 6.54 Å². The van der Waals surface area contributed by atoms with Gasteiger partial charge in [0.2, 0.25) is 11.8 Å². The molecule has 0 radical (unpaired) electrons. The van der Waals surface area contributed by atoms with Crippen molar-refractivity contribution in [1.29, 1.82) is 0 Å². The van der Waals surface area contributed by atoms with Crippen LogP contribution in [0.1, 0.15) is 28.5 Å². The lowest BCUT2D eigenvalue weighted by molar-refractivity contribution is -0.122. The van der Waals surface area contributed by atoms with E-state index in [1.165, 1.54) is 5.56 Å². The topological polar surface area (TPSA) is 84.2 Å². The van der Waals surface area contributed by atoms with Crippen molar-refractivity contribution >= 4 is 11.8 Å². The number of carbonyl (C=O) groups is 2. The Morgan fingerprint density at radius 2 is 1.79 bits per heavy atom. The quantitative estimate of drug-likeness (QED) is 0.663. The van der Waals surface area contributed by atoms with Gasteiger partial charge >= 0.3 is 0 Å². The zero-order chi connectivity index (χ0) is 19.9. The number of carbonyl (C=O) groups excluding carboxylic acids is 2. The fraction of sp³-hybridized carbons (Fsp3) is 0.227. The number of rotatable bonds is 7. The fourth-order valence-corrected chi connectivity index (χ4v) is 2.65. The highest BCUT2D eigenvalue weighted by Crippen LogP contribution is 2.19. The minimum absolute atomic E-state index is 0.244. The smallest absolute Gasteiger partial charge is 0.251 e. The minimum atomic E-state index is -0.631. The van der Waals surface area contributed by atoms with Crippen LogP contribution in [0.5, 0.6) is 0 Å². The molecule has 0 saturated carbocycles. The lowest BCUT2D eigenvalue weighted by atomic mass is 10.1. The van der Waals surface area contributed by atoms with Gasteiger partial charge < -0.3 is 15.1 Å². The number of benzene rings is 2. The Bertz CT molecular complexity index is 933. The van der Waals surface area contributed by atoms with Crippen LogP contribution in [-0.2, 0) is 11.2 Å². The van der Waals surface area contributed by atoms with Gasteiger partial charge in [0.25, 0.3) is 5.91 Å². The second kappa shape index (κ2) is 8.99. The fourth-order valence-electron chi connectivity index (χ4n) is 2.65. The zero-order valence-corrected chi connectivity index (χ0v) is 15.9. The van der Waals surface area contributed by atoms with Crippen LogP contribution in [0.3, 0.4) is 0 Å². The number of hydrogen-bond donors (Lipinski definition) is 2. The summed E-state index contributed by atoms with van der Waals surface area (Å²) in [6.45, 7) is 4.09. The summed E-state index contributed by atoms with van der Waals surface area (Å²) in [6.07, 6.45) is 2.14. The molecule has 3 rings (SSSR count). The van der Waals surface area contributed by atoms with Crippen LogP contribution in [0.2, 0.25) is 0 Å². The molecule has 3 aromatic rings. The average molecular weight is 377 g/mol. The summed E-state index contributed by atoms with van der Waals surface area (Å²) in [5.41, 5.74) is 3.37. The van der Waals surface area contributed by atoms with Crippen molar-refractivity contribution < 1.29 is 14.0 Å². The van der Waals surface area contributed by atoms with Crippen molar-refractivity contribution in [3.8, 4) is 11.5 Å². The summed E-state index contributed by atoms with van der Waals surface area (Å²) in [7, 11) is 0. The lowest BCUT2D eigenvalue weighted by Gasteiger charge is -2.13. The molecule has 144 valence electrons. The number of aromatic nitrogens is 1. The summed E-state index contributed by atoms with van der Waals surface area (Å²) < 4.78 is 5.52. The van der Waals surface area contributed by atoms with Crippen molar-refractivity contribution in [3.63, 3.8) is 0 Å². The molecule has 1 heterocycles. The third kappa shape index (κ3) is 5.07. The Labute approximate surface area is 164 Å². The van der Waals surface area contributed by atoms with E-state index >= 15 is 0 Å². The van der Waals surface area contributed by atoms with Gasteiger partial charge in [-0.3, -0.25) is 9.59 Å². The number of amides is 2. The molecule has 0 spiro atoms. The van der Waals surface area contributed by atoms with E-state index in [1.54, 1.807) is 37.5 Å². The predicted molar refractivity (Wildman–Crippen MR) is 107 cm³/mol. The SMILES string of the molecule is Cc1ccc(-c2nc(CCNC(=O)C(C)NC(=O)c3ccccc3)co2)cc1. The highest BCUT2D eigenvalue weighted by atomic mass is 16.3. The van der Waals surface area contributed by atoms with Crippen LogP contribution in [0.15, 0.2) is 65.3 Å². The maximum Gasteiger partial charge on any atom is 0.251 e. The molecule has 0 aliphatic heterocycles. The normalized spacial score (nSPS) is 11.6. The molecule has 1 atom stereocenters. The lowest BCUT2D eigenvalue weighted by Crippen LogP contribution is -2.45. The molecule has 2 aromatic carbocycles. The van der Waals surface area contributed by atoms with Gasteiger partial charge in [0.05, 0.1) is 5.69 Å². The molecule has 0 saturated heterocycles. The molecule has 0 bridgehead atoms. The van der Waals surface area contributed by atoms with Crippen molar-refractivity contribution in [3.05, 3.63) is 77.7 Å². The number of nitrogens with one attached hydrogen (secondary N) is 2. The van der Waals surface area contributed by atoms with Crippen LogP contribution in [-0.4, -0.2) is 29.4 Å². The van der Waals surface area contributed by atoms with Gasteiger partial charge in [-0.25, -0.2) is 4.98 Å². The molecule has 6 heteroatoms. The van der Waals surface area contributed by atoms with Crippen molar-refractivity contribution in [2.24, 2.45) is 0 Å². The number of aryl methyl sites for hydroxylation is 1. The largest absolute Gasteiger partial charge is 0.444 e. The highest BCUT2D eigenvalue weighted by molar-refractivity contribution is 5.97. The third-order valence-corrected chi connectivity index (χ3v) is 4.31. The number of hydrogen-bond acceptors (Lipinski definition) is 4. The van der Waals surface area contributed by atoms with E-state index in [0.29, 0.717) is 24.4 Å². The van der Waals surface area contributed by atoms with Gasteiger partial charge in [-0.1, -0.05) is 35.9 Å². The van der Waals surface area contributed by atoms with Crippen molar-refractivity contribution in [1.82, 2.24) is 15.6 Å². The van der Waals surface area contributed by atoms with E-state index in [-0.39, 0.29) is 11.8 Å². The third-order valence-electron chi connectivity index (χ3n) is 4.31. The maximum absolute atomic E-state index is 12.2. The molecule has 28 heavy (non-hydrogen) atoms. The standard InChI is InChI=1S/C22H23N3O3/c1-15-8-10-18(11-9-15)22-25-19(14-28-22)12-13-23-20(26)16(2)24-21(27)17-6-4-3-5-7-17/h3-11,14,16H,12-13H2,1-2H3,(H,23,26)(H,24,27). The molecular formula is C22H23N3O3. The molecule has 2 N–H and O–H groups in total. The van der Waals surface area contributed by atoms with Gasteiger partial charge in [0.15, 0.2) is 0 Å². The predicted octanol–water partition coefficient (Wildman–Crippen LogP) is 3.13. The van der Waals surface area contributed by atoms with E-state index in [1.807, 2.05) is 37.3 Å². The Kier molecular flexibility index (Phi) is 6.22.